The van der Waals surface area contributed by atoms with Crippen LogP contribution in [-0.4, -0.2) is 107 Å². The normalized spacial score (nSPS) is 31.0. The largest absolute Gasteiger partial charge is 0.337 e. The predicted molar refractivity (Wildman–Crippen MR) is 103 cm³/mol. The second-order valence-corrected chi connectivity index (χ2v) is 7.88. The van der Waals surface area contributed by atoms with Gasteiger partial charge in [-0.25, -0.2) is 29.0 Å². The average Bonchev–Trinajstić information content (AvgIpc) is 2.74. The Balaban J connectivity index is 1.72. The van der Waals surface area contributed by atoms with Gasteiger partial charge in [-0.2, -0.15) is 0 Å². The molecule has 0 radical (unpaired) electrons. The minimum Gasteiger partial charge on any atom is -0.337 e. The molecule has 0 aromatic heterocycles. The Morgan fingerprint density at radius 2 is 1.24 bits per heavy atom. The Morgan fingerprint density at radius 1 is 0.667 bits per heavy atom. The highest BCUT2D eigenvalue weighted by Crippen LogP contribution is 2.24. The summed E-state index contributed by atoms with van der Waals surface area (Å²) >= 11 is 0. The van der Waals surface area contributed by atoms with Crippen LogP contribution < -0.4 is 26.6 Å². The van der Waals surface area contributed by atoms with E-state index in [9.17, 15) is 38.4 Å². The zero-order valence-corrected chi connectivity index (χ0v) is 17.2. The summed E-state index contributed by atoms with van der Waals surface area (Å²) in [4.78, 5) is 102. The highest BCUT2D eigenvalue weighted by Gasteiger charge is 2.53. The van der Waals surface area contributed by atoms with E-state index in [1.165, 1.54) is 6.92 Å². The number of urea groups is 4. The molecule has 0 saturated carbocycles. The van der Waals surface area contributed by atoms with Crippen molar-refractivity contribution in [1.82, 2.24) is 41.3 Å². The number of nitrogens with zero attached hydrogens (tertiary/aromatic N) is 3. The molecule has 4 rings (SSSR count). The number of imide groups is 4. The third kappa shape index (κ3) is 3.68. The van der Waals surface area contributed by atoms with E-state index < -0.39 is 84.9 Å². The van der Waals surface area contributed by atoms with Gasteiger partial charge in [-0.1, -0.05) is 6.92 Å². The molecule has 0 spiro atoms. The number of rotatable bonds is 3. The highest BCUT2D eigenvalue weighted by atomic mass is 16.2. The fourth-order valence-electron chi connectivity index (χ4n) is 4.02. The SMILES string of the molecule is CC1CNC(=O)N(C2CN(C3CNC(=O)NC3=O)C(=O)N(C3CNC(=O)NC3=O)C2=O)C1=O. The van der Waals surface area contributed by atoms with Gasteiger partial charge >= 0.3 is 24.1 Å². The van der Waals surface area contributed by atoms with E-state index in [4.69, 9.17) is 0 Å². The fourth-order valence-corrected chi connectivity index (χ4v) is 4.02. The molecule has 0 aliphatic carbocycles. The van der Waals surface area contributed by atoms with Gasteiger partial charge in [0.15, 0.2) is 0 Å². The second kappa shape index (κ2) is 8.03. The Kier molecular flexibility index (Phi) is 5.35. The van der Waals surface area contributed by atoms with Gasteiger partial charge in [-0.15, -0.1) is 0 Å². The van der Waals surface area contributed by atoms with Crippen molar-refractivity contribution in [1.29, 1.82) is 0 Å². The van der Waals surface area contributed by atoms with Gasteiger partial charge in [-0.3, -0.25) is 29.8 Å². The predicted octanol–water partition coefficient (Wildman–Crippen LogP) is -3.78. The summed E-state index contributed by atoms with van der Waals surface area (Å²) in [5.41, 5.74) is 0. The summed E-state index contributed by atoms with van der Waals surface area (Å²) in [5.74, 6) is -4.15. The van der Waals surface area contributed by atoms with Crippen LogP contribution in [0.2, 0.25) is 0 Å². The van der Waals surface area contributed by atoms with Crippen molar-refractivity contribution in [3.8, 4) is 0 Å². The average molecular weight is 464 g/mol. The highest BCUT2D eigenvalue weighted by molar-refractivity contribution is 6.11. The van der Waals surface area contributed by atoms with Crippen molar-refractivity contribution in [2.75, 3.05) is 26.2 Å². The number of hydrogen-bond donors (Lipinski definition) is 5. The van der Waals surface area contributed by atoms with Crippen LogP contribution in [0, 0.1) is 5.92 Å². The minimum atomic E-state index is -1.55. The van der Waals surface area contributed by atoms with Crippen molar-refractivity contribution in [2.24, 2.45) is 5.92 Å². The molecule has 4 aliphatic rings. The standard InChI is InChI=1S/C17H20N8O8/c1-6-2-20-16(32)24(12(6)28)9-5-23(7-3-18-14(30)21-10(7)26)17(33)25(13(9)29)8-4-19-15(31)22-11(8)27/h6-9H,2-5H2,1H3,(H,20,32)(H2,18,21,26,30)(H2,19,22,27,31). The Bertz CT molecular complexity index is 998. The molecule has 5 N–H and O–H groups in total. The van der Waals surface area contributed by atoms with Gasteiger partial charge in [0, 0.05) is 19.6 Å². The van der Waals surface area contributed by atoms with Crippen molar-refractivity contribution in [3.05, 3.63) is 0 Å². The molecular formula is C17H20N8O8. The summed E-state index contributed by atoms with van der Waals surface area (Å²) in [7, 11) is 0. The van der Waals surface area contributed by atoms with Crippen LogP contribution >= 0.6 is 0 Å². The molecule has 16 heteroatoms. The third-order valence-corrected chi connectivity index (χ3v) is 5.77. The molecule has 16 nitrogen and oxygen atoms in total. The molecule has 4 heterocycles. The van der Waals surface area contributed by atoms with Crippen LogP contribution in [0.1, 0.15) is 6.92 Å². The van der Waals surface area contributed by atoms with Crippen LogP contribution in [0.25, 0.3) is 0 Å². The number of nitrogens with one attached hydrogen (secondary N) is 5. The maximum Gasteiger partial charge on any atom is 0.328 e. The molecule has 4 unspecified atom stereocenters. The van der Waals surface area contributed by atoms with Gasteiger partial charge in [-0.05, 0) is 0 Å². The van der Waals surface area contributed by atoms with Crippen LogP contribution in [0.5, 0.6) is 0 Å². The Hall–Kier alpha value is -4.24. The van der Waals surface area contributed by atoms with Crippen LogP contribution in [0.3, 0.4) is 0 Å². The lowest BCUT2D eigenvalue weighted by atomic mass is 10.0. The molecule has 33 heavy (non-hydrogen) atoms. The number of carbonyl (C=O) groups excluding carboxylic acids is 8. The zero-order chi connectivity index (χ0) is 24.0. The van der Waals surface area contributed by atoms with Crippen molar-refractivity contribution in [3.63, 3.8) is 0 Å². The lowest BCUT2D eigenvalue weighted by molar-refractivity contribution is -0.151. The van der Waals surface area contributed by atoms with Crippen LogP contribution in [0.15, 0.2) is 0 Å². The van der Waals surface area contributed by atoms with Crippen LogP contribution in [-0.2, 0) is 19.2 Å². The molecule has 4 atom stereocenters. The minimum absolute atomic E-state index is 0.0512. The van der Waals surface area contributed by atoms with Crippen LogP contribution in [0.4, 0.5) is 19.2 Å². The summed E-state index contributed by atoms with van der Waals surface area (Å²) in [6.45, 7) is 0.351. The number of carbonyl (C=O) groups is 8. The van der Waals surface area contributed by atoms with Crippen molar-refractivity contribution in [2.45, 2.75) is 25.0 Å². The maximum absolute atomic E-state index is 13.4. The second-order valence-electron chi connectivity index (χ2n) is 7.88. The monoisotopic (exact) mass is 464 g/mol. The van der Waals surface area contributed by atoms with E-state index in [-0.39, 0.29) is 13.1 Å². The zero-order valence-electron chi connectivity index (χ0n) is 17.2. The van der Waals surface area contributed by atoms with E-state index in [1.54, 1.807) is 0 Å². The van der Waals surface area contributed by atoms with E-state index in [0.29, 0.717) is 9.80 Å². The molecule has 0 aromatic carbocycles. The molecule has 4 saturated heterocycles. The summed E-state index contributed by atoms with van der Waals surface area (Å²) in [6.07, 6.45) is 0. The lowest BCUT2D eigenvalue weighted by Gasteiger charge is -2.47. The first-order valence-corrected chi connectivity index (χ1v) is 10.0. The molecule has 0 aromatic rings. The van der Waals surface area contributed by atoms with E-state index >= 15 is 0 Å². The van der Waals surface area contributed by atoms with E-state index in [1.807, 2.05) is 10.6 Å². The first kappa shape index (κ1) is 22.0. The molecular weight excluding hydrogens is 444 g/mol. The number of hydrogen-bond acceptors (Lipinski definition) is 8. The van der Waals surface area contributed by atoms with Gasteiger partial charge in [0.05, 0.1) is 12.5 Å². The molecule has 176 valence electrons. The third-order valence-electron chi connectivity index (χ3n) is 5.77. The molecule has 0 bridgehead atoms. The first-order chi connectivity index (χ1) is 15.6. The smallest absolute Gasteiger partial charge is 0.328 e. The molecule has 4 fully saturated rings. The first-order valence-electron chi connectivity index (χ1n) is 10.0. The number of amides is 12. The summed E-state index contributed by atoms with van der Waals surface area (Å²) < 4.78 is 0. The van der Waals surface area contributed by atoms with Gasteiger partial charge in [0.2, 0.25) is 5.91 Å². The topological polar surface area (TPSA) is 206 Å². The van der Waals surface area contributed by atoms with Gasteiger partial charge in [0.25, 0.3) is 17.7 Å². The van der Waals surface area contributed by atoms with E-state index in [0.717, 1.165) is 4.90 Å². The Morgan fingerprint density at radius 3 is 1.82 bits per heavy atom. The van der Waals surface area contributed by atoms with Crippen molar-refractivity contribution < 1.29 is 38.4 Å². The quantitative estimate of drug-likeness (QED) is 0.279. The van der Waals surface area contributed by atoms with Crippen molar-refractivity contribution >= 4 is 47.8 Å². The molecule has 4 aliphatic heterocycles. The summed E-state index contributed by atoms with van der Waals surface area (Å²) in [5, 5.41) is 11.1. The summed E-state index contributed by atoms with van der Waals surface area (Å²) in [6, 6.07) is -7.84. The fraction of sp³-hybridized carbons (Fsp3) is 0.529. The van der Waals surface area contributed by atoms with Gasteiger partial charge in [0.1, 0.15) is 18.1 Å². The van der Waals surface area contributed by atoms with Gasteiger partial charge < -0.3 is 20.9 Å². The van der Waals surface area contributed by atoms with E-state index in [2.05, 4.69) is 16.0 Å². The Labute approximate surface area is 185 Å². The molecule has 12 amide bonds. The maximum atomic E-state index is 13.4. The lowest BCUT2D eigenvalue weighted by Crippen LogP contribution is -2.76.